The summed E-state index contributed by atoms with van der Waals surface area (Å²) in [5, 5.41) is 1.30. The Kier molecular flexibility index (Phi) is 3.19. The number of aromatic nitrogens is 1. The number of hydrogen-bond donors (Lipinski definition) is 0. The molecule has 14 heavy (non-hydrogen) atoms. The van der Waals surface area contributed by atoms with Gasteiger partial charge >= 0.3 is 0 Å². The van der Waals surface area contributed by atoms with Crippen molar-refractivity contribution in [3.05, 3.63) is 34.9 Å². The van der Waals surface area contributed by atoms with Gasteiger partial charge in [0.05, 0.1) is 0 Å². The van der Waals surface area contributed by atoms with E-state index in [1.807, 2.05) is 11.8 Å². The number of benzene rings is 1. The molecule has 0 aliphatic carbocycles. The molecular weight excluding hydrogens is 258 g/mol. The molecule has 0 saturated carbocycles. The molecule has 74 valence electrons. The van der Waals surface area contributed by atoms with E-state index >= 15 is 0 Å². The first kappa shape index (κ1) is 10.1. The molecule has 0 aliphatic rings. The number of aryl methyl sites for hydroxylation is 1. The zero-order valence-electron chi connectivity index (χ0n) is 8.03. The third-order valence-electron chi connectivity index (χ3n) is 2.30. The lowest BCUT2D eigenvalue weighted by molar-refractivity contribution is 0.808. The predicted molar refractivity (Wildman–Crippen MR) is 68.0 cm³/mol. The minimum Gasteiger partial charge on any atom is -0.347 e. The fourth-order valence-corrected chi connectivity index (χ4v) is 2.44. The topological polar surface area (TPSA) is 4.93 Å². The first-order chi connectivity index (χ1) is 6.83. The predicted octanol–water partition coefficient (Wildman–Crippen LogP) is 3.77. The van der Waals surface area contributed by atoms with Gasteiger partial charge in [-0.1, -0.05) is 22.0 Å². The lowest BCUT2D eigenvalue weighted by Gasteiger charge is -2.03. The molecule has 0 unspecified atom stereocenters. The van der Waals surface area contributed by atoms with Crippen LogP contribution >= 0.6 is 27.7 Å². The molecule has 0 spiro atoms. The molecular formula is C11H12BrNS. The molecule has 0 N–H and O–H groups in total. The van der Waals surface area contributed by atoms with Crippen molar-refractivity contribution in [3.8, 4) is 0 Å². The van der Waals surface area contributed by atoms with Gasteiger partial charge in [0.2, 0.25) is 0 Å². The third kappa shape index (κ3) is 1.84. The summed E-state index contributed by atoms with van der Waals surface area (Å²) in [6.45, 7) is 1.08. The van der Waals surface area contributed by atoms with E-state index in [4.69, 9.17) is 0 Å². The second-order valence-corrected chi connectivity index (χ2v) is 5.01. The molecule has 0 bridgehead atoms. The average molecular weight is 270 g/mol. The number of nitrogens with zero attached hydrogens (tertiary/aromatic N) is 1. The summed E-state index contributed by atoms with van der Waals surface area (Å²) in [4.78, 5) is 0. The number of hydrogen-bond acceptors (Lipinski definition) is 1. The summed E-state index contributed by atoms with van der Waals surface area (Å²) < 4.78 is 3.48. The summed E-state index contributed by atoms with van der Waals surface area (Å²) in [5.41, 5.74) is 1.31. The van der Waals surface area contributed by atoms with Gasteiger partial charge in [-0.3, -0.25) is 0 Å². The first-order valence-corrected chi connectivity index (χ1v) is 6.74. The van der Waals surface area contributed by atoms with Crippen LogP contribution < -0.4 is 0 Å². The molecule has 3 heteroatoms. The quantitative estimate of drug-likeness (QED) is 0.822. The van der Waals surface area contributed by atoms with Crippen LogP contribution in [0.4, 0.5) is 0 Å². The van der Waals surface area contributed by atoms with E-state index < -0.39 is 0 Å². The molecule has 0 atom stereocenters. The normalized spacial score (nSPS) is 11.0. The van der Waals surface area contributed by atoms with Crippen LogP contribution in [0.15, 0.2) is 34.9 Å². The van der Waals surface area contributed by atoms with E-state index in [1.54, 1.807) is 0 Å². The maximum absolute atomic E-state index is 3.56. The van der Waals surface area contributed by atoms with Crippen LogP contribution in [-0.2, 0) is 6.54 Å². The van der Waals surface area contributed by atoms with E-state index in [9.17, 15) is 0 Å². The van der Waals surface area contributed by atoms with Crippen LogP contribution in [0.3, 0.4) is 0 Å². The molecule has 1 aromatic heterocycles. The van der Waals surface area contributed by atoms with Crippen molar-refractivity contribution < 1.29 is 0 Å². The van der Waals surface area contributed by atoms with Crippen LogP contribution in [0.2, 0.25) is 0 Å². The molecule has 0 amide bonds. The van der Waals surface area contributed by atoms with Crippen molar-refractivity contribution in [1.82, 2.24) is 4.57 Å². The molecule has 0 saturated heterocycles. The van der Waals surface area contributed by atoms with E-state index in [1.165, 1.54) is 15.4 Å². The van der Waals surface area contributed by atoms with Crippen molar-refractivity contribution in [2.45, 2.75) is 6.54 Å². The van der Waals surface area contributed by atoms with Crippen LogP contribution in [0, 0.1) is 0 Å². The fourth-order valence-electron chi connectivity index (χ4n) is 1.57. The Balaban J connectivity index is 2.42. The van der Waals surface area contributed by atoms with Crippen molar-refractivity contribution >= 4 is 38.6 Å². The summed E-state index contributed by atoms with van der Waals surface area (Å²) in [5.74, 6) is 1.16. The third-order valence-corrected chi connectivity index (χ3v) is 3.58. The van der Waals surface area contributed by atoms with Gasteiger partial charge in [0.15, 0.2) is 0 Å². The highest BCUT2D eigenvalue weighted by Gasteiger charge is 2.02. The van der Waals surface area contributed by atoms with E-state index in [-0.39, 0.29) is 0 Å². The fraction of sp³-hybridized carbons (Fsp3) is 0.273. The summed E-state index contributed by atoms with van der Waals surface area (Å²) in [6, 6.07) is 8.50. The van der Waals surface area contributed by atoms with Gasteiger partial charge in [-0.15, -0.1) is 0 Å². The molecule has 1 aromatic carbocycles. The first-order valence-electron chi connectivity index (χ1n) is 4.55. The van der Waals surface area contributed by atoms with E-state index in [0.717, 1.165) is 12.3 Å². The van der Waals surface area contributed by atoms with Gasteiger partial charge < -0.3 is 4.57 Å². The molecule has 2 aromatic rings. The number of fused-ring (bicyclic) bond motifs is 1. The van der Waals surface area contributed by atoms with Gasteiger partial charge in [-0.25, -0.2) is 0 Å². The average Bonchev–Trinajstić information content (AvgIpc) is 2.60. The van der Waals surface area contributed by atoms with Crippen molar-refractivity contribution in [1.29, 1.82) is 0 Å². The number of halogens is 1. The van der Waals surface area contributed by atoms with E-state index in [0.29, 0.717) is 0 Å². The zero-order valence-corrected chi connectivity index (χ0v) is 10.4. The Morgan fingerprint density at radius 2 is 2.21 bits per heavy atom. The zero-order chi connectivity index (χ0) is 9.97. The minimum atomic E-state index is 1.08. The summed E-state index contributed by atoms with van der Waals surface area (Å²) in [7, 11) is 0. The largest absolute Gasteiger partial charge is 0.347 e. The van der Waals surface area contributed by atoms with Crippen molar-refractivity contribution in [2.24, 2.45) is 0 Å². The second kappa shape index (κ2) is 4.41. The van der Waals surface area contributed by atoms with Crippen LogP contribution in [0.25, 0.3) is 10.9 Å². The monoisotopic (exact) mass is 269 g/mol. The maximum atomic E-state index is 3.56. The van der Waals surface area contributed by atoms with Gasteiger partial charge in [-0.05, 0) is 24.5 Å². The Bertz CT molecular complexity index is 436. The van der Waals surface area contributed by atoms with Crippen molar-refractivity contribution in [2.75, 3.05) is 12.0 Å². The number of thioether (sulfide) groups is 1. The Morgan fingerprint density at radius 3 is 3.00 bits per heavy atom. The number of rotatable bonds is 3. The SMILES string of the molecule is CSCCn1ccc2c(Br)cccc21. The summed E-state index contributed by atoms with van der Waals surface area (Å²) >= 11 is 5.44. The standard InChI is InChI=1S/C11H12BrNS/c1-14-8-7-13-6-5-9-10(12)3-2-4-11(9)13/h2-6H,7-8H2,1H3. The Morgan fingerprint density at radius 1 is 1.36 bits per heavy atom. The highest BCUT2D eigenvalue weighted by atomic mass is 79.9. The molecule has 1 nitrogen and oxygen atoms in total. The molecule has 0 fully saturated rings. The smallest absolute Gasteiger partial charge is 0.0491 e. The molecule has 0 radical (unpaired) electrons. The van der Waals surface area contributed by atoms with Crippen molar-refractivity contribution in [3.63, 3.8) is 0 Å². The highest BCUT2D eigenvalue weighted by Crippen LogP contribution is 2.24. The molecule has 1 heterocycles. The highest BCUT2D eigenvalue weighted by molar-refractivity contribution is 9.10. The van der Waals surface area contributed by atoms with Gasteiger partial charge in [0.1, 0.15) is 0 Å². The van der Waals surface area contributed by atoms with E-state index in [2.05, 4.69) is 57.2 Å². The molecule has 2 rings (SSSR count). The van der Waals surface area contributed by atoms with Crippen LogP contribution in [0.5, 0.6) is 0 Å². The minimum absolute atomic E-state index is 1.08. The van der Waals surface area contributed by atoms with Crippen LogP contribution in [-0.4, -0.2) is 16.6 Å². The Labute approximate surface area is 96.6 Å². The lowest BCUT2D eigenvalue weighted by atomic mass is 10.2. The summed E-state index contributed by atoms with van der Waals surface area (Å²) in [6.07, 6.45) is 4.30. The second-order valence-electron chi connectivity index (χ2n) is 3.17. The van der Waals surface area contributed by atoms with Gasteiger partial charge in [-0.2, -0.15) is 11.8 Å². The maximum Gasteiger partial charge on any atom is 0.0491 e. The molecule has 0 aliphatic heterocycles. The van der Waals surface area contributed by atoms with Gasteiger partial charge in [0.25, 0.3) is 0 Å². The lowest BCUT2D eigenvalue weighted by Crippen LogP contribution is -1.97. The van der Waals surface area contributed by atoms with Gasteiger partial charge in [0, 0.05) is 33.9 Å². The Hall–Kier alpha value is -0.410. The van der Waals surface area contributed by atoms with Crippen LogP contribution in [0.1, 0.15) is 0 Å².